The van der Waals surface area contributed by atoms with Gasteiger partial charge in [0.25, 0.3) is 5.91 Å². The van der Waals surface area contributed by atoms with Crippen LogP contribution in [0.15, 0.2) is 36.4 Å². The van der Waals surface area contributed by atoms with Gasteiger partial charge in [-0.3, -0.25) is 10.1 Å². The van der Waals surface area contributed by atoms with Gasteiger partial charge in [0.15, 0.2) is 0 Å². The molecule has 3 N–H and O–H groups in total. The van der Waals surface area contributed by atoms with Crippen LogP contribution in [0.5, 0.6) is 5.75 Å². The number of hydrogen-bond donors (Lipinski definition) is 3. The molecule has 0 fully saturated rings. The second-order valence-electron chi connectivity index (χ2n) is 4.81. The quantitative estimate of drug-likeness (QED) is 0.586. The number of H-pyrrole nitrogens is 1. The maximum absolute atomic E-state index is 12.3. The van der Waals surface area contributed by atoms with Gasteiger partial charge in [-0.1, -0.05) is 17.2 Å². The van der Waals surface area contributed by atoms with Gasteiger partial charge < -0.3 is 10.1 Å². The standard InChI is InChI=1S/C15H15N7O2.Na.H/c1-16-10-5-3-9(4-6-10)12-7-11(24-2)8-13(17-12)14(23)18-15-19-21-22-20-15;;/h3-8,16H,1-2H3,(H2,18,19,20,21,22,23);;. The molecule has 10 heteroatoms. The number of tetrazole rings is 1. The van der Waals surface area contributed by atoms with Gasteiger partial charge in [0.2, 0.25) is 5.95 Å². The number of aromatic nitrogens is 5. The van der Waals surface area contributed by atoms with E-state index in [0.717, 1.165) is 11.3 Å². The number of amides is 1. The molecule has 0 aliphatic carbocycles. The fraction of sp³-hybridized carbons (Fsp3) is 0.133. The van der Waals surface area contributed by atoms with Crippen LogP contribution in [0.2, 0.25) is 0 Å². The van der Waals surface area contributed by atoms with Crippen molar-refractivity contribution in [3.63, 3.8) is 0 Å². The zero-order valence-electron chi connectivity index (χ0n) is 13.1. The Morgan fingerprint density at radius 2 is 1.96 bits per heavy atom. The summed E-state index contributed by atoms with van der Waals surface area (Å²) >= 11 is 0. The van der Waals surface area contributed by atoms with Gasteiger partial charge in [-0.2, -0.15) is 0 Å². The molecular formula is C15H16N7NaO2. The molecule has 25 heavy (non-hydrogen) atoms. The molecule has 3 aromatic rings. The van der Waals surface area contributed by atoms with Crippen LogP contribution in [0.3, 0.4) is 0 Å². The summed E-state index contributed by atoms with van der Waals surface area (Å²) < 4.78 is 5.27. The first kappa shape index (κ1) is 18.8. The van der Waals surface area contributed by atoms with Crippen LogP contribution < -0.4 is 15.4 Å². The van der Waals surface area contributed by atoms with Gasteiger partial charge >= 0.3 is 29.6 Å². The van der Waals surface area contributed by atoms with Crippen LogP contribution in [0.25, 0.3) is 11.3 Å². The third-order valence-electron chi connectivity index (χ3n) is 3.31. The Morgan fingerprint density at radius 1 is 1.20 bits per heavy atom. The maximum atomic E-state index is 12.3. The van der Waals surface area contributed by atoms with Gasteiger partial charge in [-0.05, 0) is 22.6 Å². The van der Waals surface area contributed by atoms with Crippen molar-refractivity contribution in [2.45, 2.75) is 0 Å². The van der Waals surface area contributed by atoms with Crippen molar-refractivity contribution in [2.24, 2.45) is 0 Å². The SMILES string of the molecule is CNc1ccc(-c2cc(OC)cc(C(=O)Nc3nnn[nH]3)n2)cc1.[NaH]. The van der Waals surface area contributed by atoms with Crippen LogP contribution in [0.4, 0.5) is 11.6 Å². The molecule has 0 spiro atoms. The van der Waals surface area contributed by atoms with Crippen LogP contribution in [-0.2, 0) is 0 Å². The Hall–Kier alpha value is -2.49. The summed E-state index contributed by atoms with van der Waals surface area (Å²) in [5.74, 6) is 0.226. The van der Waals surface area contributed by atoms with Gasteiger partial charge in [-0.15, -0.1) is 0 Å². The molecule has 0 bridgehead atoms. The van der Waals surface area contributed by atoms with E-state index in [1.807, 2.05) is 31.3 Å². The molecule has 1 amide bonds. The zero-order valence-corrected chi connectivity index (χ0v) is 13.1. The number of aromatic amines is 1. The predicted molar refractivity (Wildman–Crippen MR) is 95.1 cm³/mol. The number of pyridine rings is 1. The second-order valence-corrected chi connectivity index (χ2v) is 4.81. The first-order valence-corrected chi connectivity index (χ1v) is 7.09. The predicted octanol–water partition coefficient (Wildman–Crippen LogP) is 0.916. The van der Waals surface area contributed by atoms with Crippen LogP contribution in [-0.4, -0.2) is 75.2 Å². The van der Waals surface area contributed by atoms with E-state index < -0.39 is 5.91 Å². The summed E-state index contributed by atoms with van der Waals surface area (Å²) in [6.07, 6.45) is 0. The van der Waals surface area contributed by atoms with Crippen molar-refractivity contribution in [1.82, 2.24) is 25.6 Å². The number of rotatable bonds is 5. The molecule has 9 nitrogen and oxygen atoms in total. The van der Waals surface area contributed by atoms with E-state index in [9.17, 15) is 4.79 Å². The van der Waals surface area contributed by atoms with E-state index in [0.29, 0.717) is 11.4 Å². The Labute approximate surface area is 165 Å². The fourth-order valence-corrected chi connectivity index (χ4v) is 2.08. The molecule has 1 aromatic carbocycles. The molecule has 0 saturated heterocycles. The van der Waals surface area contributed by atoms with E-state index >= 15 is 0 Å². The molecule has 124 valence electrons. The topological polar surface area (TPSA) is 118 Å². The minimum atomic E-state index is -0.444. The number of nitrogens with one attached hydrogen (secondary N) is 3. The van der Waals surface area contributed by atoms with Crippen LogP contribution in [0.1, 0.15) is 10.5 Å². The number of anilines is 2. The molecular weight excluding hydrogens is 333 g/mol. The number of carbonyl (C=O) groups excluding carboxylic acids is 1. The van der Waals surface area contributed by atoms with E-state index in [4.69, 9.17) is 4.74 Å². The van der Waals surface area contributed by atoms with E-state index in [2.05, 4.69) is 36.2 Å². The third kappa shape index (κ3) is 4.53. The second kappa shape index (κ2) is 8.56. The molecule has 0 saturated carbocycles. The number of ether oxygens (including phenoxy) is 1. The fourth-order valence-electron chi connectivity index (χ4n) is 2.08. The molecule has 3 rings (SSSR count). The summed E-state index contributed by atoms with van der Waals surface area (Å²) in [4.78, 5) is 16.7. The summed E-state index contributed by atoms with van der Waals surface area (Å²) in [6, 6.07) is 11.0. The zero-order chi connectivity index (χ0) is 16.9. The summed E-state index contributed by atoms with van der Waals surface area (Å²) in [7, 11) is 3.38. The number of carbonyl (C=O) groups is 1. The summed E-state index contributed by atoms with van der Waals surface area (Å²) in [6.45, 7) is 0. The van der Waals surface area contributed by atoms with E-state index in [-0.39, 0.29) is 41.2 Å². The first-order chi connectivity index (χ1) is 11.7. The number of benzene rings is 1. The minimum absolute atomic E-state index is 0. The first-order valence-electron chi connectivity index (χ1n) is 7.09. The van der Waals surface area contributed by atoms with Crippen molar-refractivity contribution >= 4 is 47.1 Å². The Balaban J connectivity index is 0.00000225. The van der Waals surface area contributed by atoms with Crippen molar-refractivity contribution in [3.05, 3.63) is 42.1 Å². The molecule has 0 atom stereocenters. The van der Waals surface area contributed by atoms with Crippen molar-refractivity contribution < 1.29 is 9.53 Å². The van der Waals surface area contributed by atoms with Crippen molar-refractivity contribution in [1.29, 1.82) is 0 Å². The molecule has 2 heterocycles. The number of nitrogens with zero attached hydrogens (tertiary/aromatic N) is 4. The van der Waals surface area contributed by atoms with Gasteiger partial charge in [0.1, 0.15) is 11.4 Å². The number of hydrogen-bond acceptors (Lipinski definition) is 7. The van der Waals surface area contributed by atoms with Gasteiger partial charge in [0, 0.05) is 30.4 Å². The van der Waals surface area contributed by atoms with Crippen molar-refractivity contribution in [2.75, 3.05) is 24.8 Å². The van der Waals surface area contributed by atoms with Crippen molar-refractivity contribution in [3.8, 4) is 17.0 Å². The molecule has 0 unspecified atom stereocenters. The molecule has 0 aliphatic heterocycles. The summed E-state index contributed by atoms with van der Waals surface area (Å²) in [5, 5.41) is 18.4. The summed E-state index contributed by atoms with van der Waals surface area (Å²) in [5.41, 5.74) is 2.66. The van der Waals surface area contributed by atoms with E-state index in [1.165, 1.54) is 7.11 Å². The Kier molecular flexibility index (Phi) is 6.45. The van der Waals surface area contributed by atoms with Gasteiger partial charge in [-0.25, -0.2) is 10.1 Å². The van der Waals surface area contributed by atoms with E-state index in [1.54, 1.807) is 12.1 Å². The average molecular weight is 349 g/mol. The number of methoxy groups -OCH3 is 1. The average Bonchev–Trinajstić information content (AvgIpc) is 3.14. The Bertz CT molecular complexity index is 838. The van der Waals surface area contributed by atoms with Gasteiger partial charge in [0.05, 0.1) is 12.8 Å². The Morgan fingerprint density at radius 3 is 2.56 bits per heavy atom. The van der Waals surface area contributed by atoms with Crippen LogP contribution in [0, 0.1) is 0 Å². The van der Waals surface area contributed by atoms with Crippen LogP contribution >= 0.6 is 0 Å². The molecule has 0 radical (unpaired) electrons. The normalized spacial score (nSPS) is 9.84. The molecule has 2 aromatic heterocycles. The monoisotopic (exact) mass is 349 g/mol. The molecule has 0 aliphatic rings. The third-order valence-corrected chi connectivity index (χ3v) is 3.31.